The van der Waals surface area contributed by atoms with Gasteiger partial charge in [-0.2, -0.15) is 0 Å². The molecular formula is C31H31F2N3O4. The third-order valence-electron chi connectivity index (χ3n) is 6.69. The Labute approximate surface area is 231 Å². The summed E-state index contributed by atoms with van der Waals surface area (Å²) in [6, 6.07) is 7.15. The fraction of sp³-hybridized carbons (Fsp3) is 0.258. The van der Waals surface area contributed by atoms with Gasteiger partial charge in [0, 0.05) is 44.0 Å². The molecule has 0 spiro atoms. The van der Waals surface area contributed by atoms with Crippen molar-refractivity contribution in [2.45, 2.75) is 19.9 Å². The van der Waals surface area contributed by atoms with Crippen molar-refractivity contribution in [3.05, 3.63) is 118 Å². The lowest BCUT2D eigenvalue weighted by molar-refractivity contribution is 0.0523. The average Bonchev–Trinajstić information content (AvgIpc) is 3.17. The summed E-state index contributed by atoms with van der Waals surface area (Å²) in [7, 11) is 0. The smallest absolute Gasteiger partial charge is 0.345 e. The van der Waals surface area contributed by atoms with Crippen LogP contribution in [0.1, 0.15) is 39.8 Å². The van der Waals surface area contributed by atoms with E-state index in [1.165, 1.54) is 41.0 Å². The molecule has 0 N–H and O–H groups in total. The van der Waals surface area contributed by atoms with Crippen molar-refractivity contribution in [1.82, 2.24) is 9.47 Å². The molecule has 0 saturated carbocycles. The van der Waals surface area contributed by atoms with Gasteiger partial charge in [0.25, 0.3) is 11.5 Å². The molecule has 208 valence electrons. The van der Waals surface area contributed by atoms with Crippen LogP contribution < -0.4 is 10.5 Å². The summed E-state index contributed by atoms with van der Waals surface area (Å²) in [5.41, 5.74) is 1.51. The maximum Gasteiger partial charge on any atom is 0.345 e. The zero-order valence-corrected chi connectivity index (χ0v) is 22.3. The number of hydrogen-bond acceptors (Lipinski definition) is 5. The van der Waals surface area contributed by atoms with Gasteiger partial charge < -0.3 is 19.1 Å². The third kappa shape index (κ3) is 6.54. The number of amides is 1. The summed E-state index contributed by atoms with van der Waals surface area (Å²) in [5.74, 6) is -1.75. The van der Waals surface area contributed by atoms with Gasteiger partial charge in [0.15, 0.2) is 0 Å². The molecule has 40 heavy (non-hydrogen) atoms. The van der Waals surface area contributed by atoms with Gasteiger partial charge in [-0.25, -0.2) is 13.6 Å². The fourth-order valence-corrected chi connectivity index (χ4v) is 4.65. The van der Waals surface area contributed by atoms with Crippen LogP contribution in [0.15, 0.2) is 89.6 Å². The first-order valence-electron chi connectivity index (χ1n) is 13.1. The zero-order chi connectivity index (χ0) is 28.6. The van der Waals surface area contributed by atoms with Gasteiger partial charge in [-0.05, 0) is 67.5 Å². The van der Waals surface area contributed by atoms with E-state index < -0.39 is 17.3 Å². The number of anilines is 1. The van der Waals surface area contributed by atoms with Gasteiger partial charge >= 0.3 is 5.97 Å². The van der Waals surface area contributed by atoms with Crippen LogP contribution in [0.25, 0.3) is 6.08 Å². The fourth-order valence-electron chi connectivity index (χ4n) is 4.65. The van der Waals surface area contributed by atoms with Crippen LogP contribution in [0.3, 0.4) is 0 Å². The molecule has 1 saturated heterocycles. The highest BCUT2D eigenvalue weighted by atomic mass is 19.1. The summed E-state index contributed by atoms with van der Waals surface area (Å²) in [4.78, 5) is 43.5. The summed E-state index contributed by atoms with van der Waals surface area (Å²) in [6.45, 7) is 7.05. The molecule has 2 aliphatic rings. The lowest BCUT2D eigenvalue weighted by Gasteiger charge is -2.37. The van der Waals surface area contributed by atoms with Crippen LogP contribution in [0, 0.1) is 5.82 Å². The highest BCUT2D eigenvalue weighted by molar-refractivity contribution is 5.96. The minimum atomic E-state index is -0.735. The van der Waals surface area contributed by atoms with Gasteiger partial charge in [0.2, 0.25) is 0 Å². The minimum Gasteiger partial charge on any atom is -0.462 e. The van der Waals surface area contributed by atoms with E-state index in [1.54, 1.807) is 48.3 Å². The Balaban J connectivity index is 1.69. The predicted molar refractivity (Wildman–Crippen MR) is 151 cm³/mol. The van der Waals surface area contributed by atoms with E-state index in [0.717, 1.165) is 5.57 Å². The van der Waals surface area contributed by atoms with Crippen LogP contribution in [0.5, 0.6) is 0 Å². The SMILES string of the molecule is C=C/C=C\c1cc(N2CCN(C(=O)c3ccc(F)cc3)CC2)c(C(=O)OCC)c(=O)n1CC1=CC=C(F)C=CC1. The van der Waals surface area contributed by atoms with Gasteiger partial charge in [0.05, 0.1) is 12.3 Å². The molecule has 0 bridgehead atoms. The Kier molecular flexibility index (Phi) is 9.27. The van der Waals surface area contributed by atoms with E-state index in [9.17, 15) is 23.2 Å². The minimum absolute atomic E-state index is 0.0931. The van der Waals surface area contributed by atoms with Crippen molar-refractivity contribution >= 4 is 23.6 Å². The Bertz CT molecular complexity index is 1460. The monoisotopic (exact) mass is 547 g/mol. The van der Waals surface area contributed by atoms with Gasteiger partial charge in [-0.15, -0.1) is 0 Å². The Morgan fingerprint density at radius 3 is 2.48 bits per heavy atom. The quantitative estimate of drug-likeness (QED) is 0.341. The molecule has 2 heterocycles. The number of aromatic nitrogens is 1. The number of carbonyl (C=O) groups excluding carboxylic acids is 2. The van der Waals surface area contributed by atoms with E-state index >= 15 is 0 Å². The number of halogens is 2. The number of rotatable bonds is 8. The summed E-state index contributed by atoms with van der Waals surface area (Å²) < 4.78 is 33.8. The number of pyridine rings is 1. The number of benzene rings is 1. The summed E-state index contributed by atoms with van der Waals surface area (Å²) in [6.07, 6.45) is 11.5. The third-order valence-corrected chi connectivity index (χ3v) is 6.69. The van der Waals surface area contributed by atoms with E-state index in [4.69, 9.17) is 4.74 Å². The van der Waals surface area contributed by atoms with Crippen molar-refractivity contribution < 1.29 is 23.1 Å². The first-order chi connectivity index (χ1) is 19.3. The molecule has 1 aromatic heterocycles. The number of nitrogens with zero attached hydrogens (tertiary/aromatic N) is 3. The number of hydrogen-bond donors (Lipinski definition) is 0. The molecule has 1 aliphatic carbocycles. The van der Waals surface area contributed by atoms with Crippen molar-refractivity contribution in [3.8, 4) is 0 Å². The van der Waals surface area contributed by atoms with Gasteiger partial charge in [-0.3, -0.25) is 9.59 Å². The van der Waals surface area contributed by atoms with Crippen LogP contribution in [-0.2, 0) is 11.3 Å². The van der Waals surface area contributed by atoms with Crippen molar-refractivity contribution in [1.29, 1.82) is 0 Å². The molecule has 7 nitrogen and oxygen atoms in total. The topological polar surface area (TPSA) is 71.9 Å². The molecule has 0 radical (unpaired) electrons. The second-order valence-corrected chi connectivity index (χ2v) is 9.31. The molecule has 1 aliphatic heterocycles. The van der Waals surface area contributed by atoms with Gasteiger partial charge in [0.1, 0.15) is 17.2 Å². The van der Waals surface area contributed by atoms with Crippen LogP contribution in [0.4, 0.5) is 14.5 Å². The van der Waals surface area contributed by atoms with Crippen molar-refractivity contribution in [2.75, 3.05) is 37.7 Å². The number of piperazine rings is 1. The first kappa shape index (κ1) is 28.5. The molecule has 2 aromatic rings. The maximum absolute atomic E-state index is 13.9. The maximum atomic E-state index is 13.9. The molecule has 1 amide bonds. The van der Waals surface area contributed by atoms with Crippen LogP contribution in [-0.4, -0.2) is 54.1 Å². The van der Waals surface area contributed by atoms with Crippen molar-refractivity contribution in [3.63, 3.8) is 0 Å². The number of esters is 1. The second kappa shape index (κ2) is 13.0. The van der Waals surface area contributed by atoms with Crippen LogP contribution >= 0.6 is 0 Å². The Morgan fingerprint density at radius 1 is 1.07 bits per heavy atom. The lowest BCUT2D eigenvalue weighted by atomic mass is 10.1. The Morgan fingerprint density at radius 2 is 1.80 bits per heavy atom. The molecule has 1 fully saturated rings. The molecule has 1 aromatic carbocycles. The van der Waals surface area contributed by atoms with E-state index in [1.807, 2.05) is 4.90 Å². The lowest BCUT2D eigenvalue weighted by Crippen LogP contribution is -2.49. The highest BCUT2D eigenvalue weighted by Gasteiger charge is 2.29. The standard InChI is InChI=1S/C31H31F2N3O4/c1-3-5-9-26-20-27(34-16-18-35(19-17-34)29(37)23-11-14-25(33)15-12-23)28(31(39)40-4-2)30(38)36(26)21-22-7-6-8-24(32)13-10-22/h3,5-6,8-15,20H,1,4,7,16-19,21H2,2H3/b9-5-. The molecule has 9 heteroatoms. The molecular weight excluding hydrogens is 516 g/mol. The molecule has 0 atom stereocenters. The molecule has 0 unspecified atom stereocenters. The second-order valence-electron chi connectivity index (χ2n) is 9.31. The summed E-state index contributed by atoms with van der Waals surface area (Å²) >= 11 is 0. The van der Waals surface area contributed by atoms with E-state index in [-0.39, 0.29) is 30.4 Å². The normalized spacial score (nSPS) is 15.5. The van der Waals surface area contributed by atoms with Gasteiger partial charge in [-0.1, -0.05) is 30.9 Å². The Hall–Kier alpha value is -4.53. The number of allylic oxidation sites excluding steroid dienone is 8. The number of carbonyl (C=O) groups is 2. The predicted octanol–water partition coefficient (Wildman–Crippen LogP) is 5.07. The first-order valence-corrected chi connectivity index (χ1v) is 13.1. The van der Waals surface area contributed by atoms with Crippen LogP contribution in [0.2, 0.25) is 0 Å². The largest absolute Gasteiger partial charge is 0.462 e. The van der Waals surface area contributed by atoms with E-state index in [0.29, 0.717) is 49.5 Å². The molecule has 4 rings (SSSR count). The number of ether oxygens (including phenoxy) is 1. The summed E-state index contributed by atoms with van der Waals surface area (Å²) in [5, 5.41) is 0. The van der Waals surface area contributed by atoms with E-state index in [2.05, 4.69) is 6.58 Å². The van der Waals surface area contributed by atoms with Crippen molar-refractivity contribution in [2.24, 2.45) is 0 Å². The highest BCUT2D eigenvalue weighted by Crippen LogP contribution is 2.25. The average molecular weight is 548 g/mol. The zero-order valence-electron chi connectivity index (χ0n) is 22.3.